The standard InChI is InChI=1S/C15H26N2/c1-3-5-15(11-16-14-8-9-14)17(10-4-2)12-13-6-7-13/h2,13-16H,3,5-12H2,1H3. The molecule has 0 aromatic rings. The number of terminal acetylenes is 1. The van der Waals surface area contributed by atoms with Gasteiger partial charge < -0.3 is 5.32 Å². The minimum Gasteiger partial charge on any atom is -0.312 e. The number of nitrogens with zero attached hydrogens (tertiary/aromatic N) is 1. The van der Waals surface area contributed by atoms with Crippen LogP contribution in [-0.2, 0) is 0 Å². The third-order valence-corrected chi connectivity index (χ3v) is 3.84. The van der Waals surface area contributed by atoms with Crippen LogP contribution in [0.2, 0.25) is 0 Å². The maximum Gasteiger partial charge on any atom is 0.0601 e. The summed E-state index contributed by atoms with van der Waals surface area (Å²) in [5.74, 6) is 3.78. The summed E-state index contributed by atoms with van der Waals surface area (Å²) in [4.78, 5) is 2.54. The lowest BCUT2D eigenvalue weighted by Gasteiger charge is -2.30. The quantitative estimate of drug-likeness (QED) is 0.616. The van der Waals surface area contributed by atoms with E-state index < -0.39 is 0 Å². The highest BCUT2D eigenvalue weighted by molar-refractivity contribution is 4.93. The fourth-order valence-electron chi connectivity index (χ4n) is 2.43. The molecule has 2 rings (SSSR count). The Morgan fingerprint density at radius 1 is 1.35 bits per heavy atom. The van der Waals surface area contributed by atoms with Crippen molar-refractivity contribution < 1.29 is 0 Å². The lowest BCUT2D eigenvalue weighted by Crippen LogP contribution is -2.44. The second-order valence-electron chi connectivity index (χ2n) is 5.70. The first-order valence-corrected chi connectivity index (χ1v) is 7.24. The van der Waals surface area contributed by atoms with Gasteiger partial charge in [0.1, 0.15) is 0 Å². The molecule has 1 atom stereocenters. The first kappa shape index (κ1) is 12.9. The summed E-state index contributed by atoms with van der Waals surface area (Å²) in [5.41, 5.74) is 0. The zero-order valence-corrected chi connectivity index (χ0v) is 11.1. The van der Waals surface area contributed by atoms with Crippen LogP contribution >= 0.6 is 0 Å². The van der Waals surface area contributed by atoms with Crippen molar-refractivity contribution in [3.05, 3.63) is 0 Å². The Balaban J connectivity index is 1.80. The fourth-order valence-corrected chi connectivity index (χ4v) is 2.43. The van der Waals surface area contributed by atoms with Crippen LogP contribution in [0.25, 0.3) is 0 Å². The number of rotatable bonds is 9. The summed E-state index contributed by atoms with van der Waals surface area (Å²) < 4.78 is 0. The van der Waals surface area contributed by atoms with Crippen LogP contribution in [0, 0.1) is 18.3 Å². The molecule has 0 saturated heterocycles. The molecule has 96 valence electrons. The van der Waals surface area contributed by atoms with E-state index in [0.717, 1.165) is 25.0 Å². The predicted octanol–water partition coefficient (Wildman–Crippen LogP) is 2.25. The zero-order chi connectivity index (χ0) is 12.1. The minimum absolute atomic E-state index is 0.650. The van der Waals surface area contributed by atoms with Gasteiger partial charge in [-0.2, -0.15) is 0 Å². The van der Waals surface area contributed by atoms with E-state index in [1.165, 1.54) is 45.1 Å². The van der Waals surface area contributed by atoms with Crippen LogP contribution in [0.3, 0.4) is 0 Å². The lowest BCUT2D eigenvalue weighted by molar-refractivity contribution is 0.195. The van der Waals surface area contributed by atoms with Crippen LogP contribution in [0.5, 0.6) is 0 Å². The van der Waals surface area contributed by atoms with Crippen LogP contribution in [0.15, 0.2) is 0 Å². The van der Waals surface area contributed by atoms with Gasteiger partial charge in [0.15, 0.2) is 0 Å². The highest BCUT2D eigenvalue weighted by Gasteiger charge is 2.28. The van der Waals surface area contributed by atoms with Gasteiger partial charge >= 0.3 is 0 Å². The van der Waals surface area contributed by atoms with E-state index in [9.17, 15) is 0 Å². The molecule has 0 radical (unpaired) electrons. The topological polar surface area (TPSA) is 15.3 Å². The molecule has 1 unspecified atom stereocenters. The van der Waals surface area contributed by atoms with Gasteiger partial charge in [0.25, 0.3) is 0 Å². The fraction of sp³-hybridized carbons (Fsp3) is 0.867. The highest BCUT2D eigenvalue weighted by atomic mass is 15.2. The predicted molar refractivity (Wildman–Crippen MR) is 72.9 cm³/mol. The Morgan fingerprint density at radius 3 is 2.65 bits per heavy atom. The van der Waals surface area contributed by atoms with Crippen molar-refractivity contribution in [1.29, 1.82) is 0 Å². The maximum absolute atomic E-state index is 5.52. The van der Waals surface area contributed by atoms with Crippen LogP contribution in [0.1, 0.15) is 45.4 Å². The summed E-state index contributed by atoms with van der Waals surface area (Å²) in [7, 11) is 0. The van der Waals surface area contributed by atoms with E-state index in [2.05, 4.69) is 23.1 Å². The highest BCUT2D eigenvalue weighted by Crippen LogP contribution is 2.30. The Bertz CT molecular complexity index is 261. The van der Waals surface area contributed by atoms with Crippen molar-refractivity contribution in [2.45, 2.75) is 57.5 Å². The molecule has 0 aromatic heterocycles. The van der Waals surface area contributed by atoms with Crippen molar-refractivity contribution in [3.8, 4) is 12.3 Å². The molecule has 2 fully saturated rings. The van der Waals surface area contributed by atoms with Gasteiger partial charge in [0.2, 0.25) is 0 Å². The van der Waals surface area contributed by atoms with Crippen molar-refractivity contribution in [2.75, 3.05) is 19.6 Å². The van der Waals surface area contributed by atoms with E-state index in [4.69, 9.17) is 6.42 Å². The van der Waals surface area contributed by atoms with E-state index in [1.807, 2.05) is 0 Å². The molecule has 0 heterocycles. The lowest BCUT2D eigenvalue weighted by atomic mass is 10.1. The maximum atomic E-state index is 5.52. The molecule has 0 aromatic carbocycles. The van der Waals surface area contributed by atoms with E-state index in [1.54, 1.807) is 0 Å². The molecule has 2 saturated carbocycles. The number of hydrogen-bond donors (Lipinski definition) is 1. The molecule has 1 N–H and O–H groups in total. The molecule has 0 spiro atoms. The Morgan fingerprint density at radius 2 is 2.12 bits per heavy atom. The zero-order valence-electron chi connectivity index (χ0n) is 11.1. The molecule has 2 nitrogen and oxygen atoms in total. The third kappa shape index (κ3) is 4.69. The molecule has 0 bridgehead atoms. The Labute approximate surface area is 106 Å². The largest absolute Gasteiger partial charge is 0.312 e. The molecular weight excluding hydrogens is 208 g/mol. The minimum atomic E-state index is 0.650. The van der Waals surface area contributed by atoms with E-state index in [0.29, 0.717) is 6.04 Å². The van der Waals surface area contributed by atoms with Crippen molar-refractivity contribution in [3.63, 3.8) is 0 Å². The van der Waals surface area contributed by atoms with Gasteiger partial charge in [-0.15, -0.1) is 6.42 Å². The number of nitrogens with one attached hydrogen (secondary N) is 1. The van der Waals surface area contributed by atoms with Crippen LogP contribution in [-0.4, -0.2) is 36.6 Å². The van der Waals surface area contributed by atoms with Crippen LogP contribution in [0.4, 0.5) is 0 Å². The van der Waals surface area contributed by atoms with Gasteiger partial charge in [-0.25, -0.2) is 0 Å². The van der Waals surface area contributed by atoms with Gasteiger partial charge in [-0.1, -0.05) is 19.3 Å². The second-order valence-corrected chi connectivity index (χ2v) is 5.70. The first-order chi connectivity index (χ1) is 8.33. The van der Waals surface area contributed by atoms with Gasteiger partial charge in [0.05, 0.1) is 6.54 Å². The SMILES string of the molecule is C#CCN(CC1CC1)C(CCC)CNC1CC1. The smallest absolute Gasteiger partial charge is 0.0601 e. The van der Waals surface area contributed by atoms with Gasteiger partial charge in [-0.05, 0) is 38.0 Å². The average Bonchev–Trinajstić information content (AvgIpc) is 3.17. The van der Waals surface area contributed by atoms with Crippen molar-refractivity contribution in [1.82, 2.24) is 10.2 Å². The second kappa shape index (κ2) is 6.42. The Hall–Kier alpha value is -0.520. The third-order valence-electron chi connectivity index (χ3n) is 3.84. The summed E-state index contributed by atoms with van der Waals surface area (Å²) in [6, 6.07) is 1.46. The monoisotopic (exact) mass is 234 g/mol. The molecule has 0 aliphatic heterocycles. The van der Waals surface area contributed by atoms with Crippen LogP contribution < -0.4 is 5.32 Å². The molecule has 0 amide bonds. The summed E-state index contributed by atoms with van der Waals surface area (Å²) in [6.07, 6.45) is 13.6. The van der Waals surface area contributed by atoms with Crippen molar-refractivity contribution in [2.24, 2.45) is 5.92 Å². The molecule has 2 aliphatic carbocycles. The summed E-state index contributed by atoms with van der Waals surface area (Å²) in [5, 5.41) is 3.66. The molecule has 2 aliphatic rings. The summed E-state index contributed by atoms with van der Waals surface area (Å²) >= 11 is 0. The first-order valence-electron chi connectivity index (χ1n) is 7.24. The van der Waals surface area contributed by atoms with Gasteiger partial charge in [-0.3, -0.25) is 4.90 Å². The molecule has 17 heavy (non-hydrogen) atoms. The molecular formula is C15H26N2. The normalized spacial score (nSPS) is 21.5. The Kier molecular flexibility index (Phi) is 4.88. The van der Waals surface area contributed by atoms with E-state index in [-0.39, 0.29) is 0 Å². The van der Waals surface area contributed by atoms with E-state index >= 15 is 0 Å². The average molecular weight is 234 g/mol. The van der Waals surface area contributed by atoms with Gasteiger partial charge in [0, 0.05) is 25.2 Å². The van der Waals surface area contributed by atoms with Crippen molar-refractivity contribution >= 4 is 0 Å². The summed E-state index contributed by atoms with van der Waals surface area (Å²) in [6.45, 7) is 5.46. The number of hydrogen-bond acceptors (Lipinski definition) is 2. The molecule has 2 heteroatoms.